The van der Waals surface area contributed by atoms with Crippen LogP contribution in [0.1, 0.15) is 20.3 Å². The normalized spacial score (nSPS) is 12.4. The van der Waals surface area contributed by atoms with Crippen molar-refractivity contribution in [3.05, 3.63) is 67.1 Å². The van der Waals surface area contributed by atoms with Crippen molar-refractivity contribution in [2.45, 2.75) is 32.9 Å². The van der Waals surface area contributed by atoms with E-state index in [1.807, 2.05) is 67.2 Å². The average molecular weight is 415 g/mol. The van der Waals surface area contributed by atoms with Crippen molar-refractivity contribution in [3.63, 3.8) is 0 Å². The van der Waals surface area contributed by atoms with E-state index in [9.17, 15) is 14.7 Å². The van der Waals surface area contributed by atoms with Crippen molar-refractivity contribution in [2.24, 2.45) is 5.92 Å². The number of carbonyl (C=O) groups is 2. The number of fused-ring (bicyclic) bond motifs is 2. The van der Waals surface area contributed by atoms with Crippen LogP contribution in [0.25, 0.3) is 32.8 Å². The summed E-state index contributed by atoms with van der Waals surface area (Å²) in [5.41, 5.74) is 3.15. The topological polar surface area (TPSA) is 84.2 Å². The Labute approximate surface area is 180 Å². The molecule has 31 heavy (non-hydrogen) atoms. The second kappa shape index (κ2) is 8.60. The van der Waals surface area contributed by atoms with Gasteiger partial charge in [-0.05, 0) is 53.1 Å². The summed E-state index contributed by atoms with van der Waals surface area (Å²) in [7, 11) is 0. The van der Waals surface area contributed by atoms with Crippen molar-refractivity contribution >= 4 is 33.6 Å². The molecule has 2 N–H and O–H groups in total. The number of carboxylic acids is 1. The van der Waals surface area contributed by atoms with Gasteiger partial charge in [0.05, 0.1) is 0 Å². The van der Waals surface area contributed by atoms with Crippen molar-refractivity contribution in [1.29, 1.82) is 0 Å². The average Bonchev–Trinajstić information content (AvgIpc) is 3.14. The van der Waals surface area contributed by atoms with Gasteiger partial charge in [-0.3, -0.25) is 9.78 Å². The highest BCUT2D eigenvalue weighted by Crippen LogP contribution is 2.30. The molecule has 0 aliphatic rings. The highest BCUT2D eigenvalue weighted by Gasteiger charge is 2.21. The number of hydrogen-bond donors (Lipinski definition) is 2. The molecule has 0 aliphatic heterocycles. The van der Waals surface area contributed by atoms with Gasteiger partial charge in [-0.1, -0.05) is 38.1 Å². The molecule has 6 nitrogen and oxygen atoms in total. The molecule has 6 heteroatoms. The first-order valence-corrected chi connectivity index (χ1v) is 10.4. The van der Waals surface area contributed by atoms with Gasteiger partial charge in [0.25, 0.3) is 0 Å². The third kappa shape index (κ3) is 4.43. The maximum atomic E-state index is 12.5. The lowest BCUT2D eigenvalue weighted by atomic mass is 9.98. The molecule has 2 heterocycles. The minimum Gasteiger partial charge on any atom is -0.480 e. The standard InChI is InChI=1S/C25H25N3O3/c1-16(2)12-22(25(30)31)27-24(29)15-28-11-9-18-13-17(6-7-23(18)28)20-5-3-4-19-14-26-10-8-21(19)20/h3-11,13-14,16,22H,12,15H2,1-2H3,(H,27,29)(H,30,31)/t22-/m0/s1. The summed E-state index contributed by atoms with van der Waals surface area (Å²) in [5, 5.41) is 15.2. The summed E-state index contributed by atoms with van der Waals surface area (Å²) in [6.07, 6.45) is 5.91. The molecule has 2 aromatic heterocycles. The minimum absolute atomic E-state index is 0.0741. The van der Waals surface area contributed by atoms with Crippen LogP contribution in [0.2, 0.25) is 0 Å². The molecule has 0 fully saturated rings. The van der Waals surface area contributed by atoms with E-state index < -0.39 is 12.0 Å². The van der Waals surface area contributed by atoms with Gasteiger partial charge in [0, 0.05) is 34.9 Å². The van der Waals surface area contributed by atoms with Crippen molar-refractivity contribution in [1.82, 2.24) is 14.9 Å². The zero-order chi connectivity index (χ0) is 22.0. The van der Waals surface area contributed by atoms with E-state index in [4.69, 9.17) is 0 Å². The van der Waals surface area contributed by atoms with E-state index >= 15 is 0 Å². The van der Waals surface area contributed by atoms with Crippen molar-refractivity contribution < 1.29 is 14.7 Å². The van der Waals surface area contributed by atoms with Gasteiger partial charge in [0.15, 0.2) is 0 Å². The van der Waals surface area contributed by atoms with Crippen molar-refractivity contribution in [3.8, 4) is 11.1 Å². The lowest BCUT2D eigenvalue weighted by molar-refractivity contribution is -0.142. The van der Waals surface area contributed by atoms with Gasteiger partial charge < -0.3 is 15.0 Å². The zero-order valence-corrected chi connectivity index (χ0v) is 17.6. The number of carboxylic acid groups (broad SMARTS) is 1. The Kier molecular flexibility index (Phi) is 5.71. The van der Waals surface area contributed by atoms with E-state index in [0.29, 0.717) is 6.42 Å². The number of rotatable bonds is 7. The first kappa shape index (κ1) is 20.6. The molecule has 0 radical (unpaired) electrons. The van der Waals surface area contributed by atoms with Crippen LogP contribution < -0.4 is 5.32 Å². The molecule has 0 aliphatic carbocycles. The Bertz CT molecular complexity index is 1250. The van der Waals surface area contributed by atoms with Crippen molar-refractivity contribution in [2.75, 3.05) is 0 Å². The fraction of sp³-hybridized carbons (Fsp3) is 0.240. The number of hydrogen-bond acceptors (Lipinski definition) is 3. The molecule has 0 saturated carbocycles. The van der Waals surface area contributed by atoms with Crippen LogP contribution >= 0.6 is 0 Å². The summed E-state index contributed by atoms with van der Waals surface area (Å²) in [6, 6.07) is 15.4. The summed E-state index contributed by atoms with van der Waals surface area (Å²) >= 11 is 0. The summed E-state index contributed by atoms with van der Waals surface area (Å²) < 4.78 is 1.84. The lowest BCUT2D eigenvalue weighted by Gasteiger charge is -2.17. The molecule has 0 saturated heterocycles. The fourth-order valence-electron chi connectivity index (χ4n) is 3.97. The predicted molar refractivity (Wildman–Crippen MR) is 122 cm³/mol. The maximum Gasteiger partial charge on any atom is 0.326 e. The van der Waals surface area contributed by atoms with E-state index in [1.54, 1.807) is 6.20 Å². The van der Waals surface area contributed by atoms with Crippen LogP contribution in [0.15, 0.2) is 67.1 Å². The SMILES string of the molecule is CC(C)C[C@H](NC(=O)Cn1ccc2cc(-c3cccc4cnccc34)ccc21)C(=O)O. The molecule has 0 unspecified atom stereocenters. The van der Waals surface area contributed by atoms with Gasteiger partial charge in [0.2, 0.25) is 5.91 Å². The highest BCUT2D eigenvalue weighted by molar-refractivity contribution is 5.98. The monoisotopic (exact) mass is 415 g/mol. The number of amides is 1. The van der Waals surface area contributed by atoms with Gasteiger partial charge >= 0.3 is 5.97 Å². The smallest absolute Gasteiger partial charge is 0.326 e. The third-order valence-electron chi connectivity index (χ3n) is 5.42. The molecule has 0 bridgehead atoms. The molecular formula is C25H25N3O3. The first-order valence-electron chi connectivity index (χ1n) is 10.4. The molecule has 4 rings (SSSR count). The van der Waals surface area contributed by atoms with Gasteiger partial charge in [0.1, 0.15) is 12.6 Å². The van der Waals surface area contributed by atoms with Crippen LogP contribution in [0.5, 0.6) is 0 Å². The Balaban J connectivity index is 1.58. The molecule has 1 amide bonds. The number of aromatic nitrogens is 2. The summed E-state index contributed by atoms with van der Waals surface area (Å²) in [6.45, 7) is 3.95. The Morgan fingerprint density at radius 2 is 1.94 bits per heavy atom. The number of aliphatic carboxylic acids is 1. The number of pyridine rings is 1. The van der Waals surface area contributed by atoms with E-state index in [-0.39, 0.29) is 18.4 Å². The maximum absolute atomic E-state index is 12.5. The van der Waals surface area contributed by atoms with E-state index in [0.717, 1.165) is 32.8 Å². The van der Waals surface area contributed by atoms with Crippen LogP contribution in [-0.4, -0.2) is 32.6 Å². The van der Waals surface area contributed by atoms with Crippen LogP contribution in [-0.2, 0) is 16.1 Å². The second-order valence-electron chi connectivity index (χ2n) is 8.21. The first-order chi connectivity index (χ1) is 14.9. The molecule has 0 spiro atoms. The summed E-state index contributed by atoms with van der Waals surface area (Å²) in [5.74, 6) is -1.14. The molecule has 4 aromatic rings. The van der Waals surface area contributed by atoms with Crippen LogP contribution in [0.4, 0.5) is 0 Å². The number of nitrogens with one attached hydrogen (secondary N) is 1. The summed E-state index contributed by atoms with van der Waals surface area (Å²) in [4.78, 5) is 28.1. The molecule has 2 aromatic carbocycles. The van der Waals surface area contributed by atoms with Crippen LogP contribution in [0.3, 0.4) is 0 Å². The Hall–Kier alpha value is -3.67. The van der Waals surface area contributed by atoms with Gasteiger partial charge in [-0.2, -0.15) is 0 Å². The van der Waals surface area contributed by atoms with Crippen LogP contribution in [0, 0.1) is 5.92 Å². The fourth-order valence-corrected chi connectivity index (χ4v) is 3.97. The second-order valence-corrected chi connectivity index (χ2v) is 8.21. The Morgan fingerprint density at radius 1 is 1.10 bits per heavy atom. The van der Waals surface area contributed by atoms with Gasteiger partial charge in [-0.25, -0.2) is 4.79 Å². The third-order valence-corrected chi connectivity index (χ3v) is 5.42. The van der Waals surface area contributed by atoms with Gasteiger partial charge in [-0.15, -0.1) is 0 Å². The number of nitrogens with zero attached hydrogens (tertiary/aromatic N) is 2. The zero-order valence-electron chi connectivity index (χ0n) is 17.6. The predicted octanol–water partition coefficient (Wildman–Crippen LogP) is 4.47. The Morgan fingerprint density at radius 3 is 2.71 bits per heavy atom. The largest absolute Gasteiger partial charge is 0.480 e. The number of benzene rings is 2. The molecule has 1 atom stereocenters. The molecular weight excluding hydrogens is 390 g/mol. The highest BCUT2D eigenvalue weighted by atomic mass is 16.4. The van der Waals surface area contributed by atoms with E-state index in [1.165, 1.54) is 0 Å². The van der Waals surface area contributed by atoms with E-state index in [2.05, 4.69) is 22.4 Å². The number of carbonyl (C=O) groups excluding carboxylic acids is 1. The molecule has 158 valence electrons. The quantitative estimate of drug-likeness (QED) is 0.466. The minimum atomic E-state index is -1.01. The lowest BCUT2D eigenvalue weighted by Crippen LogP contribution is -2.43.